The highest BCUT2D eigenvalue weighted by atomic mass is 14.5. The van der Waals surface area contributed by atoms with Gasteiger partial charge in [0.1, 0.15) is 0 Å². The molecule has 0 radical (unpaired) electrons. The molecule has 0 aromatic heterocycles. The van der Waals surface area contributed by atoms with Crippen LogP contribution in [0.5, 0.6) is 0 Å². The number of hydrogen-bond acceptors (Lipinski definition) is 0. The molecule has 0 aliphatic heterocycles. The lowest BCUT2D eigenvalue weighted by Crippen LogP contribution is -1.99. The molecule has 5 atom stereocenters. The van der Waals surface area contributed by atoms with Gasteiger partial charge in [-0.2, -0.15) is 0 Å². The fourth-order valence-electron chi connectivity index (χ4n) is 3.40. The van der Waals surface area contributed by atoms with Crippen LogP contribution in [0.1, 0.15) is 59.3 Å². The van der Waals surface area contributed by atoms with Crippen molar-refractivity contribution in [2.75, 3.05) is 0 Å². The third-order valence-corrected chi connectivity index (χ3v) is 4.65. The molecule has 2 aliphatic rings. The maximum Gasteiger partial charge on any atom is -0.0357 e. The van der Waals surface area contributed by atoms with Crippen molar-refractivity contribution in [2.24, 2.45) is 29.6 Å². The van der Waals surface area contributed by atoms with Gasteiger partial charge < -0.3 is 0 Å². The summed E-state index contributed by atoms with van der Waals surface area (Å²) in [7, 11) is 0. The molecule has 0 aromatic carbocycles. The normalized spacial score (nSPS) is 42.2. The highest BCUT2D eigenvalue weighted by molar-refractivity contribution is 4.96. The van der Waals surface area contributed by atoms with Gasteiger partial charge in [-0.05, 0) is 48.9 Å². The SMILES string of the molecule is CCCC(C)C1CC1CC1CC1CC. The quantitative estimate of drug-likeness (QED) is 0.584. The van der Waals surface area contributed by atoms with Gasteiger partial charge in [-0.15, -0.1) is 0 Å². The van der Waals surface area contributed by atoms with Crippen LogP contribution in [0.25, 0.3) is 0 Å². The Bertz CT molecular complexity index is 184. The lowest BCUT2D eigenvalue weighted by Gasteiger charge is -2.08. The third kappa shape index (κ3) is 2.32. The van der Waals surface area contributed by atoms with E-state index >= 15 is 0 Å². The van der Waals surface area contributed by atoms with Gasteiger partial charge in [-0.1, -0.05) is 40.0 Å². The fraction of sp³-hybridized carbons (Fsp3) is 1.00. The molecule has 0 amide bonds. The molecule has 2 aliphatic carbocycles. The predicted octanol–water partition coefficient (Wildman–Crippen LogP) is 4.49. The van der Waals surface area contributed by atoms with Crippen LogP contribution < -0.4 is 0 Å². The van der Waals surface area contributed by atoms with Crippen LogP contribution in [0.15, 0.2) is 0 Å². The van der Waals surface area contributed by atoms with Crippen molar-refractivity contribution >= 4 is 0 Å². The minimum Gasteiger partial charge on any atom is -0.0654 e. The van der Waals surface area contributed by atoms with Crippen LogP contribution in [0.4, 0.5) is 0 Å². The summed E-state index contributed by atoms with van der Waals surface area (Å²) in [5.74, 6) is 5.54. The molecule has 0 N–H and O–H groups in total. The minimum absolute atomic E-state index is 1.02. The summed E-state index contributed by atoms with van der Waals surface area (Å²) in [4.78, 5) is 0. The van der Waals surface area contributed by atoms with E-state index < -0.39 is 0 Å². The topological polar surface area (TPSA) is 0 Å². The van der Waals surface area contributed by atoms with Gasteiger partial charge in [0.05, 0.1) is 0 Å². The van der Waals surface area contributed by atoms with Crippen molar-refractivity contribution in [3.63, 3.8) is 0 Å². The van der Waals surface area contributed by atoms with Gasteiger partial charge in [0.15, 0.2) is 0 Å². The van der Waals surface area contributed by atoms with Crippen molar-refractivity contribution < 1.29 is 0 Å². The average Bonchev–Trinajstić information content (AvgIpc) is 3.03. The van der Waals surface area contributed by atoms with Crippen LogP contribution in [0.2, 0.25) is 0 Å². The van der Waals surface area contributed by atoms with Gasteiger partial charge in [0.2, 0.25) is 0 Å². The first-order chi connectivity index (χ1) is 6.76. The Hall–Kier alpha value is 0. The van der Waals surface area contributed by atoms with Gasteiger partial charge in [-0.3, -0.25) is 0 Å². The van der Waals surface area contributed by atoms with Crippen molar-refractivity contribution in [3.8, 4) is 0 Å². The van der Waals surface area contributed by atoms with Crippen LogP contribution >= 0.6 is 0 Å². The van der Waals surface area contributed by atoms with E-state index in [0.29, 0.717) is 0 Å². The summed E-state index contributed by atoms with van der Waals surface area (Å²) in [6.07, 6.45) is 8.98. The van der Waals surface area contributed by atoms with Gasteiger partial charge >= 0.3 is 0 Å². The lowest BCUT2D eigenvalue weighted by atomic mass is 9.97. The fourth-order valence-corrected chi connectivity index (χ4v) is 3.40. The van der Waals surface area contributed by atoms with E-state index in [2.05, 4.69) is 20.8 Å². The summed E-state index contributed by atoms with van der Waals surface area (Å²) in [6, 6.07) is 0. The second kappa shape index (κ2) is 4.24. The van der Waals surface area contributed by atoms with Crippen LogP contribution in [0.3, 0.4) is 0 Å². The van der Waals surface area contributed by atoms with Crippen LogP contribution in [-0.4, -0.2) is 0 Å². The summed E-state index contributed by atoms with van der Waals surface area (Å²) >= 11 is 0. The van der Waals surface area contributed by atoms with Gasteiger partial charge in [0.25, 0.3) is 0 Å². The van der Waals surface area contributed by atoms with Crippen molar-refractivity contribution in [3.05, 3.63) is 0 Å². The maximum atomic E-state index is 2.47. The highest BCUT2D eigenvalue weighted by Gasteiger charge is 2.46. The molecule has 2 saturated carbocycles. The lowest BCUT2D eigenvalue weighted by molar-refractivity contribution is 0.419. The summed E-state index contributed by atoms with van der Waals surface area (Å²) in [5, 5.41) is 0. The van der Waals surface area contributed by atoms with E-state index in [1.807, 2.05) is 0 Å². The van der Waals surface area contributed by atoms with E-state index in [0.717, 1.165) is 29.6 Å². The first kappa shape index (κ1) is 10.5. The number of rotatable bonds is 6. The first-order valence-electron chi connectivity index (χ1n) is 6.76. The molecule has 2 fully saturated rings. The van der Waals surface area contributed by atoms with Crippen molar-refractivity contribution in [1.29, 1.82) is 0 Å². The molecule has 0 saturated heterocycles. The Kier molecular flexibility index (Phi) is 3.19. The monoisotopic (exact) mass is 194 g/mol. The van der Waals surface area contributed by atoms with Gasteiger partial charge in [-0.25, -0.2) is 0 Å². The molecule has 5 unspecified atom stereocenters. The van der Waals surface area contributed by atoms with E-state index in [1.165, 1.54) is 19.3 Å². The van der Waals surface area contributed by atoms with Crippen molar-refractivity contribution in [1.82, 2.24) is 0 Å². The molecule has 0 heteroatoms. The smallest absolute Gasteiger partial charge is 0.0357 e. The number of hydrogen-bond donors (Lipinski definition) is 0. The maximum absolute atomic E-state index is 2.47. The Labute approximate surface area is 89.5 Å². The zero-order chi connectivity index (χ0) is 10.1. The summed E-state index contributed by atoms with van der Waals surface area (Å²) in [6.45, 7) is 7.15. The van der Waals surface area contributed by atoms with Crippen LogP contribution in [-0.2, 0) is 0 Å². The Morgan fingerprint density at radius 2 is 1.86 bits per heavy atom. The largest absolute Gasteiger partial charge is 0.0654 e. The van der Waals surface area contributed by atoms with Gasteiger partial charge in [0, 0.05) is 0 Å². The molecule has 0 aromatic rings. The second-order valence-corrected chi connectivity index (χ2v) is 5.83. The summed E-state index contributed by atoms with van der Waals surface area (Å²) in [5.41, 5.74) is 0. The molecule has 0 bridgehead atoms. The molecule has 0 nitrogen and oxygen atoms in total. The zero-order valence-electron chi connectivity index (χ0n) is 10.1. The standard InChI is InChI=1S/C14H26/c1-4-6-10(3)14-9-13(14)8-12-7-11(12)5-2/h10-14H,4-9H2,1-3H3. The van der Waals surface area contributed by atoms with E-state index in [4.69, 9.17) is 0 Å². The van der Waals surface area contributed by atoms with E-state index in [1.54, 1.807) is 19.3 Å². The average molecular weight is 194 g/mol. The zero-order valence-corrected chi connectivity index (χ0v) is 10.1. The molecule has 14 heavy (non-hydrogen) atoms. The van der Waals surface area contributed by atoms with Crippen LogP contribution in [0, 0.1) is 29.6 Å². The Morgan fingerprint density at radius 1 is 1.07 bits per heavy atom. The van der Waals surface area contributed by atoms with E-state index in [9.17, 15) is 0 Å². The van der Waals surface area contributed by atoms with E-state index in [-0.39, 0.29) is 0 Å². The molecular weight excluding hydrogens is 168 g/mol. The van der Waals surface area contributed by atoms with Crippen molar-refractivity contribution in [2.45, 2.75) is 59.3 Å². The predicted molar refractivity (Wildman–Crippen MR) is 62.2 cm³/mol. The molecule has 2 rings (SSSR count). The molecule has 82 valence electrons. The molecular formula is C14H26. The third-order valence-electron chi connectivity index (χ3n) is 4.65. The molecule has 0 heterocycles. The summed E-state index contributed by atoms with van der Waals surface area (Å²) < 4.78 is 0. The molecule has 0 spiro atoms. The first-order valence-corrected chi connectivity index (χ1v) is 6.76. The minimum atomic E-state index is 1.02. The Balaban J connectivity index is 1.62. The Morgan fingerprint density at radius 3 is 2.43 bits per heavy atom. The highest BCUT2D eigenvalue weighted by Crippen LogP contribution is 2.55. The second-order valence-electron chi connectivity index (χ2n) is 5.83.